The number of hydrogen-bond donors (Lipinski definition) is 1. The molecule has 23 heavy (non-hydrogen) atoms. The van der Waals surface area contributed by atoms with Gasteiger partial charge in [-0.25, -0.2) is 9.78 Å². The van der Waals surface area contributed by atoms with Crippen molar-refractivity contribution in [1.29, 1.82) is 0 Å². The Kier molecular flexibility index (Phi) is 5.46. The van der Waals surface area contributed by atoms with Gasteiger partial charge in [-0.1, -0.05) is 11.6 Å². The zero-order valence-electron chi connectivity index (χ0n) is 13.6. The maximum Gasteiger partial charge on any atom is 0.410 e. The first-order valence-corrected chi connectivity index (χ1v) is 8.03. The van der Waals surface area contributed by atoms with Crippen molar-refractivity contribution in [3.8, 4) is 0 Å². The minimum atomic E-state index is -0.497. The number of piperidine rings is 1. The molecule has 6 nitrogen and oxygen atoms in total. The SMILES string of the molecule is CC(C)(C)OC(=O)N1CCC(NC(=O)c2ccnc(Cl)c2)CC1. The highest BCUT2D eigenvalue weighted by molar-refractivity contribution is 6.29. The number of carbonyl (C=O) groups excluding carboxylic acids is 2. The highest BCUT2D eigenvalue weighted by Gasteiger charge is 2.27. The van der Waals surface area contributed by atoms with Crippen LogP contribution in [-0.2, 0) is 4.74 Å². The van der Waals surface area contributed by atoms with Crippen LogP contribution in [0.25, 0.3) is 0 Å². The summed E-state index contributed by atoms with van der Waals surface area (Å²) in [5.41, 5.74) is -0.0115. The Balaban J connectivity index is 1.83. The van der Waals surface area contributed by atoms with Gasteiger partial charge in [0.05, 0.1) is 0 Å². The van der Waals surface area contributed by atoms with Gasteiger partial charge in [-0.3, -0.25) is 4.79 Å². The molecule has 0 aliphatic carbocycles. The van der Waals surface area contributed by atoms with Crippen molar-refractivity contribution in [3.63, 3.8) is 0 Å². The van der Waals surface area contributed by atoms with E-state index < -0.39 is 5.60 Å². The standard InChI is InChI=1S/C16H22ClN3O3/c1-16(2,3)23-15(22)20-8-5-12(6-9-20)19-14(21)11-4-7-18-13(17)10-11/h4,7,10,12H,5-6,8-9H2,1-3H3,(H,19,21). The molecule has 2 heterocycles. The second-order valence-corrected chi connectivity index (χ2v) is 6.97. The molecule has 1 N–H and O–H groups in total. The zero-order chi connectivity index (χ0) is 17.0. The number of aromatic nitrogens is 1. The van der Waals surface area contributed by atoms with Gasteiger partial charge in [-0.05, 0) is 45.7 Å². The van der Waals surface area contributed by atoms with Gasteiger partial charge < -0.3 is 15.0 Å². The molecule has 1 aromatic rings. The normalized spacial score (nSPS) is 16.1. The van der Waals surface area contributed by atoms with Crippen molar-refractivity contribution < 1.29 is 14.3 Å². The smallest absolute Gasteiger partial charge is 0.410 e. The summed E-state index contributed by atoms with van der Waals surface area (Å²) in [4.78, 5) is 29.7. The predicted molar refractivity (Wildman–Crippen MR) is 87.5 cm³/mol. The van der Waals surface area contributed by atoms with Crippen LogP contribution in [0, 0.1) is 0 Å². The molecule has 1 aromatic heterocycles. The summed E-state index contributed by atoms with van der Waals surface area (Å²) < 4.78 is 5.35. The number of ether oxygens (including phenoxy) is 1. The molecule has 126 valence electrons. The third-order valence-electron chi connectivity index (χ3n) is 3.47. The van der Waals surface area contributed by atoms with E-state index >= 15 is 0 Å². The van der Waals surface area contributed by atoms with E-state index in [4.69, 9.17) is 16.3 Å². The second kappa shape index (κ2) is 7.17. The molecule has 1 aliphatic heterocycles. The molecule has 1 saturated heterocycles. The molecule has 0 saturated carbocycles. The summed E-state index contributed by atoms with van der Waals surface area (Å²) >= 11 is 5.79. The summed E-state index contributed by atoms with van der Waals surface area (Å²) in [6.07, 6.45) is 2.60. The van der Waals surface area contributed by atoms with E-state index in [-0.39, 0.29) is 23.2 Å². The van der Waals surface area contributed by atoms with Crippen LogP contribution in [-0.4, -0.2) is 46.6 Å². The zero-order valence-corrected chi connectivity index (χ0v) is 14.4. The third kappa shape index (κ3) is 5.39. The molecule has 2 rings (SSSR count). The largest absolute Gasteiger partial charge is 0.444 e. The lowest BCUT2D eigenvalue weighted by Crippen LogP contribution is -2.47. The Labute approximate surface area is 141 Å². The molecule has 7 heteroatoms. The molecule has 1 fully saturated rings. The van der Waals surface area contributed by atoms with E-state index in [1.165, 1.54) is 12.3 Å². The predicted octanol–water partition coefficient (Wildman–Crippen LogP) is 2.86. The number of carbonyl (C=O) groups is 2. The second-order valence-electron chi connectivity index (χ2n) is 6.58. The van der Waals surface area contributed by atoms with Crippen LogP contribution in [0.1, 0.15) is 44.0 Å². The van der Waals surface area contributed by atoms with Crippen LogP contribution in [0.15, 0.2) is 18.3 Å². The average molecular weight is 340 g/mol. The minimum absolute atomic E-state index is 0.0353. The van der Waals surface area contributed by atoms with Gasteiger partial charge in [0, 0.05) is 30.9 Å². The Bertz CT molecular complexity index is 578. The molecule has 0 radical (unpaired) electrons. The van der Waals surface area contributed by atoms with Gasteiger partial charge in [0.15, 0.2) is 0 Å². The molecule has 0 atom stereocenters. The minimum Gasteiger partial charge on any atom is -0.444 e. The van der Waals surface area contributed by atoms with E-state index in [0.717, 1.165) is 0 Å². The maximum atomic E-state index is 12.2. The number of rotatable bonds is 2. The van der Waals surface area contributed by atoms with Crippen LogP contribution in [0.4, 0.5) is 4.79 Å². The summed E-state index contributed by atoms with van der Waals surface area (Å²) in [6, 6.07) is 3.19. The van der Waals surface area contributed by atoms with Crippen molar-refractivity contribution in [3.05, 3.63) is 29.0 Å². The first-order valence-electron chi connectivity index (χ1n) is 7.65. The fourth-order valence-corrected chi connectivity index (χ4v) is 2.52. The number of nitrogens with zero attached hydrogens (tertiary/aromatic N) is 2. The Hall–Kier alpha value is -1.82. The van der Waals surface area contributed by atoms with E-state index in [0.29, 0.717) is 31.5 Å². The topological polar surface area (TPSA) is 71.5 Å². The molecule has 1 aliphatic rings. The van der Waals surface area contributed by atoms with Crippen molar-refractivity contribution in [1.82, 2.24) is 15.2 Å². The van der Waals surface area contributed by atoms with E-state index in [1.807, 2.05) is 20.8 Å². The van der Waals surface area contributed by atoms with Gasteiger partial charge in [0.1, 0.15) is 10.8 Å². The molecule has 2 amide bonds. The van der Waals surface area contributed by atoms with Gasteiger partial charge in [-0.15, -0.1) is 0 Å². The number of halogens is 1. The Morgan fingerprint density at radius 1 is 1.35 bits per heavy atom. The third-order valence-corrected chi connectivity index (χ3v) is 3.68. The van der Waals surface area contributed by atoms with Gasteiger partial charge >= 0.3 is 6.09 Å². The van der Waals surface area contributed by atoms with Crippen molar-refractivity contribution in [2.45, 2.75) is 45.3 Å². The summed E-state index contributed by atoms with van der Waals surface area (Å²) in [5, 5.41) is 3.26. The number of hydrogen-bond acceptors (Lipinski definition) is 4. The lowest BCUT2D eigenvalue weighted by Gasteiger charge is -2.33. The summed E-state index contributed by atoms with van der Waals surface area (Å²) in [5.74, 6) is -0.176. The number of likely N-dealkylation sites (tertiary alicyclic amines) is 1. The summed E-state index contributed by atoms with van der Waals surface area (Å²) in [6.45, 7) is 6.67. The molecular weight excluding hydrogens is 318 g/mol. The highest BCUT2D eigenvalue weighted by atomic mass is 35.5. The Morgan fingerprint density at radius 2 is 2.00 bits per heavy atom. The first kappa shape index (κ1) is 17.5. The monoisotopic (exact) mass is 339 g/mol. The van der Waals surface area contributed by atoms with Crippen LogP contribution < -0.4 is 5.32 Å². The quantitative estimate of drug-likeness (QED) is 0.841. The Morgan fingerprint density at radius 3 is 2.57 bits per heavy atom. The lowest BCUT2D eigenvalue weighted by atomic mass is 10.0. The fourth-order valence-electron chi connectivity index (χ4n) is 2.35. The van der Waals surface area contributed by atoms with Crippen molar-refractivity contribution in [2.75, 3.05) is 13.1 Å². The number of pyridine rings is 1. The fraction of sp³-hybridized carbons (Fsp3) is 0.562. The maximum absolute atomic E-state index is 12.2. The highest BCUT2D eigenvalue weighted by Crippen LogP contribution is 2.16. The van der Waals surface area contributed by atoms with Crippen LogP contribution in [0.3, 0.4) is 0 Å². The van der Waals surface area contributed by atoms with Gasteiger partial charge in [0.2, 0.25) is 0 Å². The molecule has 0 unspecified atom stereocenters. The lowest BCUT2D eigenvalue weighted by molar-refractivity contribution is 0.0199. The molecule has 0 bridgehead atoms. The van der Waals surface area contributed by atoms with Crippen molar-refractivity contribution in [2.24, 2.45) is 0 Å². The summed E-state index contributed by atoms with van der Waals surface area (Å²) in [7, 11) is 0. The van der Waals surface area contributed by atoms with Crippen LogP contribution in [0.5, 0.6) is 0 Å². The molecular formula is C16H22ClN3O3. The first-order chi connectivity index (χ1) is 10.7. The van der Waals surface area contributed by atoms with E-state index in [9.17, 15) is 9.59 Å². The molecule has 0 spiro atoms. The van der Waals surface area contributed by atoms with E-state index in [1.54, 1.807) is 11.0 Å². The van der Waals surface area contributed by atoms with E-state index in [2.05, 4.69) is 10.3 Å². The number of nitrogens with one attached hydrogen (secondary N) is 1. The van der Waals surface area contributed by atoms with Gasteiger partial charge in [-0.2, -0.15) is 0 Å². The van der Waals surface area contributed by atoms with Crippen LogP contribution in [0.2, 0.25) is 5.15 Å². The van der Waals surface area contributed by atoms with Crippen molar-refractivity contribution >= 4 is 23.6 Å². The number of amides is 2. The average Bonchev–Trinajstić information content (AvgIpc) is 2.46. The van der Waals surface area contributed by atoms with Gasteiger partial charge in [0.25, 0.3) is 5.91 Å². The van der Waals surface area contributed by atoms with Crippen LogP contribution >= 0.6 is 11.6 Å². The molecule has 0 aromatic carbocycles.